The van der Waals surface area contributed by atoms with Gasteiger partial charge in [-0.1, -0.05) is 12.7 Å². The maximum absolute atomic E-state index is 5.33. The molecule has 0 aromatic heterocycles. The molecule has 0 saturated heterocycles. The summed E-state index contributed by atoms with van der Waals surface area (Å²) < 4.78 is 5.33. The van der Waals surface area contributed by atoms with E-state index in [4.69, 9.17) is 10.5 Å². The highest BCUT2D eigenvalue weighted by molar-refractivity contribution is 7.80. The Kier molecular flexibility index (Phi) is 5.01. The summed E-state index contributed by atoms with van der Waals surface area (Å²) in [6, 6.07) is 7.46. The highest BCUT2D eigenvalue weighted by atomic mass is 32.1. The predicted molar refractivity (Wildman–Crippen MR) is 69.6 cm³/mol. The number of benzene rings is 1. The van der Waals surface area contributed by atoms with Crippen LogP contribution in [0.2, 0.25) is 0 Å². The molecule has 0 fully saturated rings. The zero-order chi connectivity index (χ0) is 11.8. The minimum absolute atomic E-state index is 0.141. The number of hydrazone groups is 1. The van der Waals surface area contributed by atoms with Crippen molar-refractivity contribution in [2.75, 3.05) is 6.61 Å². The Hall–Kier alpha value is -1.88. The van der Waals surface area contributed by atoms with Gasteiger partial charge in [-0.25, -0.2) is 0 Å². The largest absolute Gasteiger partial charge is 0.490 e. The molecule has 0 heterocycles. The quantitative estimate of drug-likeness (QED) is 0.351. The first-order valence-electron chi connectivity index (χ1n) is 4.64. The van der Waals surface area contributed by atoms with Crippen molar-refractivity contribution in [3.05, 3.63) is 42.5 Å². The number of hydrogen-bond acceptors (Lipinski definition) is 3. The van der Waals surface area contributed by atoms with Crippen LogP contribution in [-0.4, -0.2) is 17.9 Å². The molecule has 0 aliphatic carbocycles. The third-order valence-electron chi connectivity index (χ3n) is 1.64. The van der Waals surface area contributed by atoms with E-state index in [0.717, 1.165) is 11.3 Å². The highest BCUT2D eigenvalue weighted by Crippen LogP contribution is 2.10. The van der Waals surface area contributed by atoms with Gasteiger partial charge >= 0.3 is 0 Å². The summed E-state index contributed by atoms with van der Waals surface area (Å²) in [6.07, 6.45) is 3.32. The fourth-order valence-electron chi connectivity index (χ4n) is 0.976. The molecule has 0 bridgehead atoms. The SMILES string of the molecule is C=CCOc1ccc(/C=N\NC(N)=S)cc1. The van der Waals surface area contributed by atoms with Crippen molar-refractivity contribution < 1.29 is 4.74 Å². The molecule has 0 aliphatic rings. The number of rotatable bonds is 5. The lowest BCUT2D eigenvalue weighted by atomic mass is 10.2. The molecule has 4 nitrogen and oxygen atoms in total. The van der Waals surface area contributed by atoms with E-state index in [1.54, 1.807) is 12.3 Å². The first kappa shape index (κ1) is 12.2. The van der Waals surface area contributed by atoms with Gasteiger partial charge in [0.1, 0.15) is 12.4 Å². The lowest BCUT2D eigenvalue weighted by Gasteiger charge is -2.02. The summed E-state index contributed by atoms with van der Waals surface area (Å²) in [4.78, 5) is 0. The molecule has 1 rings (SSSR count). The van der Waals surface area contributed by atoms with E-state index in [-0.39, 0.29) is 5.11 Å². The number of nitrogens with zero attached hydrogens (tertiary/aromatic N) is 1. The van der Waals surface area contributed by atoms with Gasteiger partial charge < -0.3 is 10.5 Å². The van der Waals surface area contributed by atoms with Crippen LogP contribution in [0.5, 0.6) is 5.75 Å². The monoisotopic (exact) mass is 235 g/mol. The summed E-state index contributed by atoms with van der Waals surface area (Å²) in [7, 11) is 0. The molecule has 84 valence electrons. The molecule has 0 atom stereocenters. The predicted octanol–water partition coefficient (Wildman–Crippen LogP) is 1.42. The minimum Gasteiger partial charge on any atom is -0.490 e. The van der Waals surface area contributed by atoms with Gasteiger partial charge in [0.25, 0.3) is 0 Å². The molecule has 3 N–H and O–H groups in total. The number of ether oxygens (including phenoxy) is 1. The van der Waals surface area contributed by atoms with Crippen LogP contribution in [0, 0.1) is 0 Å². The van der Waals surface area contributed by atoms with Crippen LogP contribution < -0.4 is 15.9 Å². The Morgan fingerprint density at radius 1 is 1.50 bits per heavy atom. The Balaban J connectivity index is 2.53. The fourth-order valence-corrected chi connectivity index (χ4v) is 1.03. The maximum atomic E-state index is 5.33. The van der Waals surface area contributed by atoms with Crippen molar-refractivity contribution in [3.63, 3.8) is 0 Å². The van der Waals surface area contributed by atoms with E-state index < -0.39 is 0 Å². The van der Waals surface area contributed by atoms with Crippen LogP contribution in [-0.2, 0) is 0 Å². The van der Waals surface area contributed by atoms with Gasteiger partial charge in [0.15, 0.2) is 5.11 Å². The van der Waals surface area contributed by atoms with Gasteiger partial charge in [-0.05, 0) is 42.0 Å². The summed E-state index contributed by atoms with van der Waals surface area (Å²) >= 11 is 4.60. The number of thiocarbonyl (C=S) groups is 1. The van der Waals surface area contributed by atoms with Crippen LogP contribution >= 0.6 is 12.2 Å². The second-order valence-electron chi connectivity index (χ2n) is 2.90. The summed E-state index contributed by atoms with van der Waals surface area (Å²) in [6.45, 7) is 4.07. The second-order valence-corrected chi connectivity index (χ2v) is 3.34. The zero-order valence-electron chi connectivity index (χ0n) is 8.72. The smallest absolute Gasteiger partial charge is 0.184 e. The Labute approximate surface area is 99.8 Å². The summed E-state index contributed by atoms with van der Waals surface area (Å²) in [5, 5.41) is 3.98. The van der Waals surface area contributed by atoms with Gasteiger partial charge in [-0.15, -0.1) is 0 Å². The minimum atomic E-state index is 0.141. The van der Waals surface area contributed by atoms with Gasteiger partial charge in [-0.3, -0.25) is 5.43 Å². The topological polar surface area (TPSA) is 59.6 Å². The molecule has 16 heavy (non-hydrogen) atoms. The second kappa shape index (κ2) is 6.58. The Morgan fingerprint density at radius 2 is 2.19 bits per heavy atom. The summed E-state index contributed by atoms with van der Waals surface area (Å²) in [5.41, 5.74) is 8.62. The van der Waals surface area contributed by atoms with Crippen LogP contribution in [0.25, 0.3) is 0 Å². The van der Waals surface area contributed by atoms with Crippen LogP contribution in [0.1, 0.15) is 5.56 Å². The molecule has 1 aromatic rings. The molecule has 1 aromatic carbocycles. The third kappa shape index (κ3) is 4.56. The average Bonchev–Trinajstić information content (AvgIpc) is 2.27. The van der Waals surface area contributed by atoms with Crippen molar-refractivity contribution in [2.45, 2.75) is 0 Å². The molecule has 0 aliphatic heterocycles. The van der Waals surface area contributed by atoms with Gasteiger partial charge in [-0.2, -0.15) is 5.10 Å². The standard InChI is InChI=1S/C11H13N3OS/c1-2-7-15-10-5-3-9(4-6-10)8-13-14-11(12)16/h2-6,8H,1,7H2,(H3,12,14,16)/b13-8-. The normalized spacial score (nSPS) is 10.0. The van der Waals surface area contributed by atoms with E-state index in [1.165, 1.54) is 0 Å². The maximum Gasteiger partial charge on any atom is 0.184 e. The number of nitrogens with two attached hydrogens (primary N) is 1. The van der Waals surface area contributed by atoms with E-state index in [1.807, 2.05) is 24.3 Å². The van der Waals surface area contributed by atoms with Crippen molar-refractivity contribution in [1.82, 2.24) is 5.43 Å². The van der Waals surface area contributed by atoms with Gasteiger partial charge in [0.05, 0.1) is 6.21 Å². The van der Waals surface area contributed by atoms with E-state index in [9.17, 15) is 0 Å². The average molecular weight is 235 g/mol. The van der Waals surface area contributed by atoms with E-state index >= 15 is 0 Å². The highest BCUT2D eigenvalue weighted by Gasteiger charge is 1.92. The Morgan fingerprint density at radius 3 is 2.75 bits per heavy atom. The Bertz CT molecular complexity index is 387. The van der Waals surface area contributed by atoms with Crippen LogP contribution in [0.3, 0.4) is 0 Å². The molecule has 0 saturated carbocycles. The van der Waals surface area contributed by atoms with Gasteiger partial charge in [0, 0.05) is 0 Å². The van der Waals surface area contributed by atoms with Crippen molar-refractivity contribution >= 4 is 23.5 Å². The summed E-state index contributed by atoms with van der Waals surface area (Å²) in [5.74, 6) is 0.791. The molecular formula is C11H13N3OS. The fraction of sp³-hybridized carbons (Fsp3) is 0.0909. The first-order chi connectivity index (χ1) is 7.72. The number of nitrogens with one attached hydrogen (secondary N) is 1. The molecule has 0 spiro atoms. The molecule has 5 heteroatoms. The zero-order valence-corrected chi connectivity index (χ0v) is 9.54. The van der Waals surface area contributed by atoms with Crippen LogP contribution in [0.15, 0.2) is 42.0 Å². The lowest BCUT2D eigenvalue weighted by Crippen LogP contribution is -2.23. The molecule has 0 radical (unpaired) electrons. The molecule has 0 unspecified atom stereocenters. The number of hydrogen-bond donors (Lipinski definition) is 2. The molecular weight excluding hydrogens is 222 g/mol. The first-order valence-corrected chi connectivity index (χ1v) is 5.05. The van der Waals surface area contributed by atoms with Crippen molar-refractivity contribution in [1.29, 1.82) is 0 Å². The third-order valence-corrected chi connectivity index (χ3v) is 1.73. The lowest BCUT2D eigenvalue weighted by molar-refractivity contribution is 0.363. The van der Waals surface area contributed by atoms with Gasteiger partial charge in [0.2, 0.25) is 0 Å². The van der Waals surface area contributed by atoms with Crippen LogP contribution in [0.4, 0.5) is 0 Å². The van der Waals surface area contributed by atoms with E-state index in [2.05, 4.69) is 29.3 Å². The van der Waals surface area contributed by atoms with Crippen molar-refractivity contribution in [3.8, 4) is 5.75 Å². The van der Waals surface area contributed by atoms with E-state index in [0.29, 0.717) is 6.61 Å². The molecule has 0 amide bonds. The van der Waals surface area contributed by atoms with Crippen molar-refractivity contribution in [2.24, 2.45) is 10.8 Å².